The monoisotopic (exact) mass is 350 g/mol. The van der Waals surface area contributed by atoms with Crippen molar-refractivity contribution in [3.05, 3.63) is 51.7 Å². The lowest BCUT2D eigenvalue weighted by molar-refractivity contribution is 0.0956. The van der Waals surface area contributed by atoms with Crippen molar-refractivity contribution >= 4 is 27.3 Å². The van der Waals surface area contributed by atoms with Crippen molar-refractivity contribution in [2.45, 2.75) is 24.8 Å². The van der Waals surface area contributed by atoms with Gasteiger partial charge in [0.05, 0.1) is 0 Å². The predicted molar refractivity (Wildman–Crippen MR) is 90.1 cm³/mol. The van der Waals surface area contributed by atoms with Gasteiger partial charge in [-0.3, -0.25) is 4.79 Å². The summed E-state index contributed by atoms with van der Waals surface area (Å²) in [4.78, 5) is 12.4. The SMILES string of the molecule is CCNC(=O)c1sccc1S(=O)(=O)N1CCc2ccccc2C1. The minimum absolute atomic E-state index is 0.104. The normalized spacial score (nSPS) is 15.2. The van der Waals surface area contributed by atoms with Gasteiger partial charge in [-0.15, -0.1) is 11.3 Å². The first-order valence-corrected chi connectivity index (χ1v) is 9.78. The molecule has 23 heavy (non-hydrogen) atoms. The van der Waals surface area contributed by atoms with E-state index in [9.17, 15) is 13.2 Å². The Morgan fingerprint density at radius 2 is 2.00 bits per heavy atom. The van der Waals surface area contributed by atoms with Crippen molar-refractivity contribution < 1.29 is 13.2 Å². The quantitative estimate of drug-likeness (QED) is 0.920. The maximum absolute atomic E-state index is 12.9. The number of benzene rings is 1. The van der Waals surface area contributed by atoms with E-state index in [0.29, 0.717) is 26.1 Å². The van der Waals surface area contributed by atoms with E-state index in [1.54, 1.807) is 12.3 Å². The van der Waals surface area contributed by atoms with E-state index in [4.69, 9.17) is 0 Å². The van der Waals surface area contributed by atoms with Crippen LogP contribution in [0.15, 0.2) is 40.6 Å². The summed E-state index contributed by atoms with van der Waals surface area (Å²) < 4.78 is 27.3. The lowest BCUT2D eigenvalue weighted by Gasteiger charge is -2.28. The third-order valence-electron chi connectivity index (χ3n) is 3.89. The molecule has 1 aromatic heterocycles. The van der Waals surface area contributed by atoms with Crippen LogP contribution in [0.5, 0.6) is 0 Å². The van der Waals surface area contributed by atoms with Crippen molar-refractivity contribution in [3.8, 4) is 0 Å². The highest BCUT2D eigenvalue weighted by molar-refractivity contribution is 7.89. The molecule has 0 fully saturated rings. The lowest BCUT2D eigenvalue weighted by Crippen LogP contribution is -2.36. The topological polar surface area (TPSA) is 66.5 Å². The Balaban J connectivity index is 1.92. The molecule has 7 heteroatoms. The molecule has 0 saturated heterocycles. The van der Waals surface area contributed by atoms with Crippen LogP contribution in [0.25, 0.3) is 0 Å². The van der Waals surface area contributed by atoms with Gasteiger partial charge in [-0.2, -0.15) is 4.31 Å². The van der Waals surface area contributed by atoms with Crippen molar-refractivity contribution in [2.24, 2.45) is 0 Å². The van der Waals surface area contributed by atoms with Crippen LogP contribution in [0, 0.1) is 0 Å². The van der Waals surface area contributed by atoms with E-state index in [-0.39, 0.29) is 15.7 Å². The van der Waals surface area contributed by atoms with E-state index >= 15 is 0 Å². The molecular weight excluding hydrogens is 332 g/mol. The van der Waals surface area contributed by atoms with Gasteiger partial charge in [0.15, 0.2) is 0 Å². The summed E-state index contributed by atoms with van der Waals surface area (Å²) in [6.07, 6.45) is 0.691. The van der Waals surface area contributed by atoms with Crippen LogP contribution in [0.3, 0.4) is 0 Å². The standard InChI is InChI=1S/C16H18N2O3S2/c1-2-17-16(19)15-14(8-10-22-15)23(20,21)18-9-7-12-5-3-4-6-13(12)11-18/h3-6,8,10H,2,7,9,11H2,1H3,(H,17,19). The maximum Gasteiger partial charge on any atom is 0.262 e. The molecule has 0 bridgehead atoms. The summed E-state index contributed by atoms with van der Waals surface area (Å²) >= 11 is 1.16. The number of carbonyl (C=O) groups is 1. The number of nitrogens with one attached hydrogen (secondary N) is 1. The highest BCUT2D eigenvalue weighted by Crippen LogP contribution is 2.29. The van der Waals surface area contributed by atoms with Crippen molar-refractivity contribution in [1.82, 2.24) is 9.62 Å². The Bertz CT molecular complexity index is 827. The number of carbonyl (C=O) groups excluding carboxylic acids is 1. The average Bonchev–Trinajstić information content (AvgIpc) is 3.05. The number of sulfonamides is 1. The van der Waals surface area contributed by atoms with Gasteiger partial charge in [0, 0.05) is 19.6 Å². The average molecular weight is 350 g/mol. The first-order valence-electron chi connectivity index (χ1n) is 7.46. The fourth-order valence-electron chi connectivity index (χ4n) is 2.72. The zero-order valence-electron chi connectivity index (χ0n) is 12.8. The lowest BCUT2D eigenvalue weighted by atomic mass is 10.0. The summed E-state index contributed by atoms with van der Waals surface area (Å²) in [7, 11) is -3.67. The number of fused-ring (bicyclic) bond motifs is 1. The summed E-state index contributed by atoms with van der Waals surface area (Å²) in [5, 5.41) is 4.32. The Kier molecular flexibility index (Phi) is 4.52. The molecule has 1 N–H and O–H groups in total. The second kappa shape index (κ2) is 6.43. The van der Waals surface area contributed by atoms with Crippen molar-refractivity contribution in [3.63, 3.8) is 0 Å². The number of thiophene rings is 1. The highest BCUT2D eigenvalue weighted by atomic mass is 32.2. The zero-order chi connectivity index (χ0) is 16.4. The molecule has 1 amide bonds. The van der Waals surface area contributed by atoms with Crippen LogP contribution in [-0.4, -0.2) is 31.7 Å². The number of hydrogen-bond acceptors (Lipinski definition) is 4. The number of nitrogens with zero attached hydrogens (tertiary/aromatic N) is 1. The van der Waals surface area contributed by atoms with Crippen LogP contribution in [0.1, 0.15) is 27.7 Å². The maximum atomic E-state index is 12.9. The van der Waals surface area contributed by atoms with E-state index in [2.05, 4.69) is 5.32 Å². The summed E-state index contributed by atoms with van der Waals surface area (Å²) in [6, 6.07) is 9.39. The molecule has 1 aromatic carbocycles. The van der Waals surface area contributed by atoms with Crippen molar-refractivity contribution in [1.29, 1.82) is 0 Å². The second-order valence-electron chi connectivity index (χ2n) is 5.33. The summed E-state index contributed by atoms with van der Waals surface area (Å²) in [5.74, 6) is -0.335. The highest BCUT2D eigenvalue weighted by Gasteiger charge is 2.32. The van der Waals surface area contributed by atoms with Crippen LogP contribution >= 0.6 is 11.3 Å². The van der Waals surface area contributed by atoms with Crippen molar-refractivity contribution in [2.75, 3.05) is 13.1 Å². The Morgan fingerprint density at radius 1 is 1.26 bits per heavy atom. The molecule has 0 spiro atoms. The molecule has 0 unspecified atom stereocenters. The molecule has 0 radical (unpaired) electrons. The van der Waals surface area contributed by atoms with E-state index in [1.165, 1.54) is 15.9 Å². The number of rotatable bonds is 4. The number of amides is 1. The Labute approximate surface area is 140 Å². The molecule has 0 aliphatic carbocycles. The third-order valence-corrected chi connectivity index (χ3v) is 6.82. The molecule has 2 aromatic rings. The molecule has 5 nitrogen and oxygen atoms in total. The smallest absolute Gasteiger partial charge is 0.262 e. The number of hydrogen-bond donors (Lipinski definition) is 1. The molecular formula is C16H18N2O3S2. The zero-order valence-corrected chi connectivity index (χ0v) is 14.4. The van der Waals surface area contributed by atoms with Gasteiger partial charge in [-0.1, -0.05) is 24.3 Å². The summed E-state index contributed by atoms with van der Waals surface area (Å²) in [6.45, 7) is 3.06. The van der Waals surface area contributed by atoms with Gasteiger partial charge < -0.3 is 5.32 Å². The van der Waals surface area contributed by atoms with Crippen LogP contribution in [-0.2, 0) is 23.0 Å². The van der Waals surface area contributed by atoms with Gasteiger partial charge in [0.1, 0.15) is 9.77 Å². The largest absolute Gasteiger partial charge is 0.352 e. The van der Waals surface area contributed by atoms with Gasteiger partial charge in [-0.05, 0) is 35.9 Å². The van der Waals surface area contributed by atoms with Gasteiger partial charge in [0.2, 0.25) is 10.0 Å². The van der Waals surface area contributed by atoms with Gasteiger partial charge in [-0.25, -0.2) is 8.42 Å². The van der Waals surface area contributed by atoms with Crippen LogP contribution < -0.4 is 5.32 Å². The molecule has 1 aliphatic rings. The fourth-order valence-corrected chi connectivity index (χ4v) is 5.46. The van der Waals surface area contributed by atoms with Gasteiger partial charge in [0.25, 0.3) is 5.91 Å². The van der Waals surface area contributed by atoms with E-state index < -0.39 is 10.0 Å². The molecule has 0 saturated carbocycles. The molecule has 2 heterocycles. The summed E-state index contributed by atoms with van der Waals surface area (Å²) in [5.41, 5.74) is 2.21. The molecule has 0 atom stereocenters. The minimum Gasteiger partial charge on any atom is -0.352 e. The molecule has 122 valence electrons. The molecule has 1 aliphatic heterocycles. The fraction of sp³-hybridized carbons (Fsp3) is 0.312. The van der Waals surface area contributed by atoms with Crippen LogP contribution in [0.2, 0.25) is 0 Å². The minimum atomic E-state index is -3.67. The van der Waals surface area contributed by atoms with Gasteiger partial charge >= 0.3 is 0 Å². The van der Waals surface area contributed by atoms with Crippen LogP contribution in [0.4, 0.5) is 0 Å². The Morgan fingerprint density at radius 3 is 2.74 bits per heavy atom. The Hall–Kier alpha value is -1.70. The van der Waals surface area contributed by atoms with E-state index in [0.717, 1.165) is 16.9 Å². The molecule has 3 rings (SSSR count). The third kappa shape index (κ3) is 3.04. The first-order chi connectivity index (χ1) is 11.0. The first kappa shape index (κ1) is 16.2. The second-order valence-corrected chi connectivity index (χ2v) is 8.15. The van der Waals surface area contributed by atoms with E-state index in [1.807, 2.05) is 24.3 Å². The predicted octanol–water partition coefficient (Wildman–Crippen LogP) is 2.24.